The van der Waals surface area contributed by atoms with Crippen molar-refractivity contribution in [3.63, 3.8) is 0 Å². The smallest absolute Gasteiger partial charge is 0.142 e. The first-order chi connectivity index (χ1) is 8.73. The Morgan fingerprint density at radius 1 is 1.22 bits per heavy atom. The summed E-state index contributed by atoms with van der Waals surface area (Å²) in [5.41, 5.74) is 0.427. The zero-order valence-electron chi connectivity index (χ0n) is 11.1. The Kier molecular flexibility index (Phi) is 4.48. The molecule has 0 unspecified atom stereocenters. The van der Waals surface area contributed by atoms with Crippen LogP contribution in [0.1, 0.15) is 39.0 Å². The van der Waals surface area contributed by atoms with Gasteiger partial charge < -0.3 is 15.2 Å². The van der Waals surface area contributed by atoms with Gasteiger partial charge in [0.05, 0.1) is 17.9 Å². The number of hydrogen-bond acceptors (Lipinski definition) is 3. The van der Waals surface area contributed by atoms with Crippen molar-refractivity contribution in [1.29, 1.82) is 0 Å². The third kappa shape index (κ3) is 3.39. The summed E-state index contributed by atoms with van der Waals surface area (Å²) in [7, 11) is 0. The predicted molar refractivity (Wildman–Crippen MR) is 74.1 cm³/mol. The highest BCUT2D eigenvalue weighted by Crippen LogP contribution is 2.30. The molecule has 1 aliphatic carbocycles. The van der Waals surface area contributed by atoms with Crippen molar-refractivity contribution < 1.29 is 9.84 Å². The monoisotopic (exact) mass is 249 g/mol. The Hall–Kier alpha value is -1.22. The second-order valence-electron chi connectivity index (χ2n) is 5.07. The highest BCUT2D eigenvalue weighted by molar-refractivity contribution is 5.56. The molecular weight excluding hydrogens is 226 g/mol. The van der Waals surface area contributed by atoms with Crippen LogP contribution < -0.4 is 10.1 Å². The maximum absolute atomic E-state index is 10.5. The Morgan fingerprint density at radius 2 is 1.94 bits per heavy atom. The van der Waals surface area contributed by atoms with Gasteiger partial charge in [0.25, 0.3) is 0 Å². The van der Waals surface area contributed by atoms with E-state index in [4.69, 9.17) is 4.74 Å². The fraction of sp³-hybridized carbons (Fsp3) is 0.600. The molecule has 1 aromatic carbocycles. The molecule has 0 bridgehead atoms. The Bertz CT molecular complexity index is 373. The van der Waals surface area contributed by atoms with Gasteiger partial charge in [0.15, 0.2) is 0 Å². The van der Waals surface area contributed by atoms with Gasteiger partial charge in [-0.15, -0.1) is 0 Å². The molecule has 2 N–H and O–H groups in total. The maximum atomic E-state index is 10.5. The number of aliphatic hydroxyl groups is 1. The first-order valence-electron chi connectivity index (χ1n) is 6.92. The lowest BCUT2D eigenvalue weighted by molar-refractivity contribution is 0.0167. The predicted octanol–water partition coefficient (Wildman–Crippen LogP) is 3.19. The van der Waals surface area contributed by atoms with Crippen LogP contribution in [0.3, 0.4) is 0 Å². The highest BCUT2D eigenvalue weighted by atomic mass is 16.5. The minimum Gasteiger partial charge on any atom is -0.492 e. The van der Waals surface area contributed by atoms with Crippen molar-refractivity contribution in [2.45, 2.75) is 44.6 Å². The van der Waals surface area contributed by atoms with Gasteiger partial charge >= 0.3 is 0 Å². The summed E-state index contributed by atoms with van der Waals surface area (Å²) < 4.78 is 5.57. The molecule has 1 aromatic rings. The zero-order valence-corrected chi connectivity index (χ0v) is 11.1. The van der Waals surface area contributed by atoms with Gasteiger partial charge in [-0.3, -0.25) is 0 Å². The summed E-state index contributed by atoms with van der Waals surface area (Å²) in [6.45, 7) is 3.24. The van der Waals surface area contributed by atoms with E-state index in [1.807, 2.05) is 31.2 Å². The molecule has 18 heavy (non-hydrogen) atoms. The molecule has 0 aromatic heterocycles. The topological polar surface area (TPSA) is 41.5 Å². The van der Waals surface area contributed by atoms with Crippen LogP contribution in [0.2, 0.25) is 0 Å². The van der Waals surface area contributed by atoms with Crippen molar-refractivity contribution in [1.82, 2.24) is 0 Å². The van der Waals surface area contributed by atoms with E-state index in [1.165, 1.54) is 6.42 Å². The molecule has 1 saturated carbocycles. The summed E-state index contributed by atoms with van der Waals surface area (Å²) in [4.78, 5) is 0. The van der Waals surface area contributed by atoms with Gasteiger partial charge in [-0.25, -0.2) is 0 Å². The van der Waals surface area contributed by atoms with E-state index in [2.05, 4.69) is 5.32 Å². The SMILES string of the molecule is CCOc1ccccc1NCC1(O)CCCCC1. The molecule has 0 heterocycles. The van der Waals surface area contributed by atoms with E-state index in [1.54, 1.807) is 0 Å². The van der Waals surface area contributed by atoms with Crippen LogP contribution in [0.25, 0.3) is 0 Å². The third-order valence-electron chi connectivity index (χ3n) is 3.58. The second kappa shape index (κ2) is 6.10. The number of para-hydroxylation sites is 2. The van der Waals surface area contributed by atoms with Crippen molar-refractivity contribution in [2.75, 3.05) is 18.5 Å². The number of rotatable bonds is 5. The van der Waals surface area contributed by atoms with Gasteiger partial charge in [-0.1, -0.05) is 31.4 Å². The van der Waals surface area contributed by atoms with E-state index in [0.29, 0.717) is 13.2 Å². The minimum absolute atomic E-state index is 0.544. The molecule has 2 rings (SSSR count). The number of nitrogens with one attached hydrogen (secondary N) is 1. The van der Waals surface area contributed by atoms with Gasteiger partial charge in [0, 0.05) is 6.54 Å². The molecule has 100 valence electrons. The number of anilines is 1. The lowest BCUT2D eigenvalue weighted by atomic mass is 9.85. The molecular formula is C15H23NO2. The molecule has 3 nitrogen and oxygen atoms in total. The molecule has 3 heteroatoms. The average Bonchev–Trinajstić information content (AvgIpc) is 2.39. The number of hydrogen-bond donors (Lipinski definition) is 2. The standard InChI is InChI=1S/C15H23NO2/c1-2-18-14-9-5-4-8-13(14)16-12-15(17)10-6-3-7-11-15/h4-5,8-9,16-17H,2-3,6-7,10-12H2,1H3. The van der Waals surface area contributed by atoms with E-state index in [9.17, 15) is 5.11 Å². The van der Waals surface area contributed by atoms with Crippen LogP contribution in [0.5, 0.6) is 5.75 Å². The number of ether oxygens (including phenoxy) is 1. The van der Waals surface area contributed by atoms with E-state index >= 15 is 0 Å². The largest absolute Gasteiger partial charge is 0.492 e. The molecule has 0 atom stereocenters. The van der Waals surface area contributed by atoms with E-state index in [0.717, 1.165) is 37.1 Å². The van der Waals surface area contributed by atoms with Crippen LogP contribution in [0, 0.1) is 0 Å². The van der Waals surface area contributed by atoms with E-state index < -0.39 is 5.60 Å². The van der Waals surface area contributed by atoms with Crippen LogP contribution >= 0.6 is 0 Å². The summed E-state index contributed by atoms with van der Waals surface area (Å²) in [5.74, 6) is 0.861. The first kappa shape index (κ1) is 13.2. The van der Waals surface area contributed by atoms with E-state index in [-0.39, 0.29) is 0 Å². The van der Waals surface area contributed by atoms with Crippen molar-refractivity contribution in [3.05, 3.63) is 24.3 Å². The maximum Gasteiger partial charge on any atom is 0.142 e. The van der Waals surface area contributed by atoms with Crippen molar-refractivity contribution in [2.24, 2.45) is 0 Å². The lowest BCUT2D eigenvalue weighted by Gasteiger charge is -2.32. The second-order valence-corrected chi connectivity index (χ2v) is 5.07. The molecule has 1 aliphatic rings. The van der Waals surface area contributed by atoms with Crippen LogP contribution in [-0.4, -0.2) is 23.9 Å². The van der Waals surface area contributed by atoms with Crippen molar-refractivity contribution >= 4 is 5.69 Å². The molecule has 0 saturated heterocycles. The molecule has 0 amide bonds. The molecule has 1 fully saturated rings. The third-order valence-corrected chi connectivity index (χ3v) is 3.58. The summed E-state index contributed by atoms with van der Waals surface area (Å²) in [5, 5.41) is 13.8. The van der Waals surface area contributed by atoms with Gasteiger partial charge in [0.1, 0.15) is 5.75 Å². The fourth-order valence-electron chi connectivity index (χ4n) is 2.54. The van der Waals surface area contributed by atoms with Crippen LogP contribution in [0.4, 0.5) is 5.69 Å². The van der Waals surface area contributed by atoms with Crippen LogP contribution in [0.15, 0.2) is 24.3 Å². The van der Waals surface area contributed by atoms with Gasteiger partial charge in [0.2, 0.25) is 0 Å². The summed E-state index contributed by atoms with van der Waals surface area (Å²) >= 11 is 0. The van der Waals surface area contributed by atoms with Crippen LogP contribution in [-0.2, 0) is 0 Å². The summed E-state index contributed by atoms with van der Waals surface area (Å²) in [6, 6.07) is 7.90. The summed E-state index contributed by atoms with van der Waals surface area (Å²) in [6.07, 6.45) is 5.31. The normalized spacial score (nSPS) is 18.3. The van der Waals surface area contributed by atoms with Crippen molar-refractivity contribution in [3.8, 4) is 5.75 Å². The van der Waals surface area contributed by atoms with Gasteiger partial charge in [-0.05, 0) is 31.9 Å². The Morgan fingerprint density at radius 3 is 2.67 bits per heavy atom. The molecule has 0 aliphatic heterocycles. The Balaban J connectivity index is 1.96. The average molecular weight is 249 g/mol. The van der Waals surface area contributed by atoms with Gasteiger partial charge in [-0.2, -0.15) is 0 Å². The fourth-order valence-corrected chi connectivity index (χ4v) is 2.54. The molecule has 0 radical (unpaired) electrons. The quantitative estimate of drug-likeness (QED) is 0.842. The minimum atomic E-state index is -0.544. The molecule has 0 spiro atoms. The highest BCUT2D eigenvalue weighted by Gasteiger charge is 2.28. The zero-order chi connectivity index (χ0) is 12.8. The lowest BCUT2D eigenvalue weighted by Crippen LogP contribution is -2.38. The Labute approximate surface area is 109 Å². The first-order valence-corrected chi connectivity index (χ1v) is 6.92. The number of benzene rings is 1.